The quantitative estimate of drug-likeness (QED) is 0.351. The lowest BCUT2D eigenvalue weighted by Crippen LogP contribution is -2.45. The monoisotopic (exact) mass is 476 g/mol. The molecule has 0 saturated carbocycles. The number of allylic oxidation sites excluding steroid dienone is 1. The lowest BCUT2D eigenvalue weighted by molar-refractivity contribution is 0.396. The highest BCUT2D eigenvalue weighted by atomic mass is 32.1. The van der Waals surface area contributed by atoms with E-state index in [0.29, 0.717) is 23.4 Å². The van der Waals surface area contributed by atoms with Crippen molar-refractivity contribution in [2.45, 2.75) is 26.4 Å². The molecule has 33 heavy (non-hydrogen) atoms. The Balaban J connectivity index is 1.61. The van der Waals surface area contributed by atoms with Gasteiger partial charge in [-0.15, -0.1) is 11.3 Å². The van der Waals surface area contributed by atoms with Crippen LogP contribution >= 0.6 is 23.6 Å². The molecule has 0 aliphatic carbocycles. The summed E-state index contributed by atoms with van der Waals surface area (Å²) in [4.78, 5) is 7.90. The van der Waals surface area contributed by atoms with Crippen molar-refractivity contribution in [2.24, 2.45) is 0 Å². The number of hydrogen-bond donors (Lipinski definition) is 1. The number of thiophene rings is 1. The van der Waals surface area contributed by atoms with Gasteiger partial charge in [-0.05, 0) is 61.3 Å². The fraction of sp³-hybridized carbons (Fsp3) is 0.160. The highest BCUT2D eigenvalue weighted by Gasteiger charge is 2.34. The maximum absolute atomic E-state index is 14.1. The van der Waals surface area contributed by atoms with Crippen LogP contribution in [0.25, 0.3) is 17.0 Å². The second-order valence-electron chi connectivity index (χ2n) is 7.89. The van der Waals surface area contributed by atoms with Crippen LogP contribution in [-0.4, -0.2) is 20.2 Å². The lowest BCUT2D eigenvalue weighted by Gasteiger charge is -2.37. The van der Waals surface area contributed by atoms with Gasteiger partial charge in [0.15, 0.2) is 5.11 Å². The van der Waals surface area contributed by atoms with Crippen LogP contribution in [0.5, 0.6) is 0 Å². The van der Waals surface area contributed by atoms with Gasteiger partial charge in [-0.2, -0.15) is 4.98 Å². The predicted molar refractivity (Wildman–Crippen MR) is 132 cm³/mol. The first kappa shape index (κ1) is 21.5. The average Bonchev–Trinajstić information content (AvgIpc) is 3.49. The second kappa shape index (κ2) is 8.88. The molecule has 2 aromatic carbocycles. The molecule has 0 bridgehead atoms. The van der Waals surface area contributed by atoms with Gasteiger partial charge in [-0.25, -0.2) is 4.39 Å². The predicted octanol–water partition coefficient (Wildman–Crippen LogP) is 6.11. The van der Waals surface area contributed by atoms with Crippen LogP contribution in [0.3, 0.4) is 0 Å². The van der Waals surface area contributed by atoms with E-state index in [-0.39, 0.29) is 5.82 Å². The van der Waals surface area contributed by atoms with Gasteiger partial charge in [0, 0.05) is 16.1 Å². The zero-order valence-corrected chi connectivity index (χ0v) is 19.7. The van der Waals surface area contributed by atoms with Crippen molar-refractivity contribution in [3.05, 3.63) is 99.5 Å². The summed E-state index contributed by atoms with van der Waals surface area (Å²) in [5.74, 6) is 0.568. The molecule has 5 rings (SSSR count). The lowest BCUT2D eigenvalue weighted by atomic mass is 9.94. The van der Waals surface area contributed by atoms with E-state index in [4.69, 9.17) is 21.7 Å². The summed E-state index contributed by atoms with van der Waals surface area (Å²) in [6.07, 6.45) is 0. The molecule has 4 aromatic rings. The third kappa shape index (κ3) is 4.31. The molecule has 1 unspecified atom stereocenters. The maximum Gasteiger partial charge on any atom is 0.258 e. The van der Waals surface area contributed by atoms with Crippen molar-refractivity contribution in [3.8, 4) is 11.4 Å². The van der Waals surface area contributed by atoms with E-state index in [1.807, 2.05) is 60.5 Å². The fourth-order valence-corrected chi connectivity index (χ4v) is 4.99. The number of aryl methyl sites for hydroxylation is 1. The van der Waals surface area contributed by atoms with Gasteiger partial charge in [0.1, 0.15) is 5.82 Å². The minimum Gasteiger partial charge on any atom is -0.351 e. The van der Waals surface area contributed by atoms with Crippen molar-refractivity contribution in [3.63, 3.8) is 0 Å². The van der Waals surface area contributed by atoms with Gasteiger partial charge in [0.2, 0.25) is 5.82 Å². The van der Waals surface area contributed by atoms with Crippen LogP contribution < -0.4 is 5.32 Å². The summed E-state index contributed by atoms with van der Waals surface area (Å²) in [7, 11) is 0. The molecule has 2 aromatic heterocycles. The first-order chi connectivity index (χ1) is 16.0. The molecule has 1 atom stereocenters. The molecule has 1 N–H and O–H groups in total. The van der Waals surface area contributed by atoms with E-state index >= 15 is 0 Å². The second-order valence-corrected chi connectivity index (χ2v) is 9.31. The topological polar surface area (TPSA) is 54.2 Å². The number of rotatable bonds is 5. The maximum atomic E-state index is 14.1. The largest absolute Gasteiger partial charge is 0.351 e. The fourth-order valence-electron chi connectivity index (χ4n) is 3.98. The Labute approximate surface area is 200 Å². The summed E-state index contributed by atoms with van der Waals surface area (Å²) in [5, 5.41) is 10.2. The Kier molecular flexibility index (Phi) is 5.78. The minimum atomic E-state index is -0.418. The van der Waals surface area contributed by atoms with Crippen LogP contribution in [0.15, 0.2) is 76.3 Å². The van der Waals surface area contributed by atoms with E-state index in [0.717, 1.165) is 28.0 Å². The number of aromatic nitrogens is 2. The molecule has 3 heterocycles. The summed E-state index contributed by atoms with van der Waals surface area (Å²) >= 11 is 7.38. The van der Waals surface area contributed by atoms with Crippen LogP contribution in [0, 0.1) is 12.7 Å². The molecule has 166 valence electrons. The SMILES string of the molecule is CC1=C(c2nc(-c3cccc(C)c3)no2)C(c2cccc(F)c2)NC(=S)N1Cc1cccs1. The smallest absolute Gasteiger partial charge is 0.258 e. The Bertz CT molecular complexity index is 1350. The van der Waals surface area contributed by atoms with Crippen LogP contribution in [-0.2, 0) is 6.54 Å². The number of thiocarbonyl (C=S) groups is 1. The summed E-state index contributed by atoms with van der Waals surface area (Å²) < 4.78 is 19.9. The third-order valence-corrected chi connectivity index (χ3v) is 6.80. The highest BCUT2D eigenvalue weighted by molar-refractivity contribution is 7.80. The summed E-state index contributed by atoms with van der Waals surface area (Å²) in [5.41, 5.74) is 4.38. The molecule has 1 aliphatic heterocycles. The van der Waals surface area contributed by atoms with Crippen molar-refractivity contribution in [2.75, 3.05) is 0 Å². The number of nitrogens with one attached hydrogen (secondary N) is 1. The summed E-state index contributed by atoms with van der Waals surface area (Å²) in [6.45, 7) is 4.62. The molecular formula is C25H21FN4OS2. The molecule has 0 saturated heterocycles. The Hall–Kier alpha value is -3.36. The van der Waals surface area contributed by atoms with Gasteiger partial charge in [0.25, 0.3) is 5.89 Å². The molecule has 5 nitrogen and oxygen atoms in total. The van der Waals surface area contributed by atoms with Crippen LogP contribution in [0.4, 0.5) is 4.39 Å². The Morgan fingerprint density at radius 1 is 1.12 bits per heavy atom. The average molecular weight is 477 g/mol. The standard InChI is InChI=1S/C25H21FN4OS2/c1-15-6-3-8-18(12-15)23-28-24(31-29-23)21-16(2)30(14-20-10-5-11-33-20)25(32)27-22(21)17-7-4-9-19(26)13-17/h3-13,22H,14H2,1-2H3,(H,27,32). The number of hydrogen-bond acceptors (Lipinski definition) is 5. The zero-order chi connectivity index (χ0) is 22.9. The van der Waals surface area contributed by atoms with Crippen LogP contribution in [0.1, 0.15) is 34.9 Å². The zero-order valence-electron chi connectivity index (χ0n) is 18.1. The van der Waals surface area contributed by atoms with Gasteiger partial charge in [-0.3, -0.25) is 0 Å². The van der Waals surface area contributed by atoms with E-state index in [1.54, 1.807) is 17.4 Å². The van der Waals surface area contributed by atoms with Crippen molar-refractivity contribution in [1.82, 2.24) is 20.4 Å². The van der Waals surface area contributed by atoms with Gasteiger partial charge < -0.3 is 14.7 Å². The van der Waals surface area contributed by atoms with Crippen molar-refractivity contribution >= 4 is 34.2 Å². The van der Waals surface area contributed by atoms with E-state index in [9.17, 15) is 4.39 Å². The molecule has 0 fully saturated rings. The van der Waals surface area contributed by atoms with Crippen molar-refractivity contribution < 1.29 is 8.91 Å². The molecule has 0 amide bonds. The van der Waals surface area contributed by atoms with Gasteiger partial charge >= 0.3 is 0 Å². The molecule has 0 radical (unpaired) electrons. The third-order valence-electron chi connectivity index (χ3n) is 5.61. The number of nitrogens with zero attached hydrogens (tertiary/aromatic N) is 3. The van der Waals surface area contributed by atoms with E-state index in [2.05, 4.69) is 16.5 Å². The molecule has 1 aliphatic rings. The Morgan fingerprint density at radius 3 is 2.73 bits per heavy atom. The first-order valence-corrected chi connectivity index (χ1v) is 11.8. The van der Waals surface area contributed by atoms with Gasteiger partial charge in [0.05, 0.1) is 18.2 Å². The number of benzene rings is 2. The van der Waals surface area contributed by atoms with Crippen LogP contribution in [0.2, 0.25) is 0 Å². The van der Waals surface area contributed by atoms with E-state index < -0.39 is 6.04 Å². The molecule has 8 heteroatoms. The van der Waals surface area contributed by atoms with Crippen molar-refractivity contribution in [1.29, 1.82) is 0 Å². The molecular weight excluding hydrogens is 455 g/mol. The number of halogens is 1. The summed E-state index contributed by atoms with van der Waals surface area (Å²) in [6, 6.07) is 18.1. The molecule has 0 spiro atoms. The van der Waals surface area contributed by atoms with Gasteiger partial charge in [-0.1, -0.05) is 47.1 Å². The first-order valence-electron chi connectivity index (χ1n) is 10.5. The van der Waals surface area contributed by atoms with E-state index in [1.165, 1.54) is 17.0 Å². The Morgan fingerprint density at radius 2 is 1.97 bits per heavy atom. The normalized spacial score (nSPS) is 16.3. The highest BCUT2D eigenvalue weighted by Crippen LogP contribution is 2.38. The minimum absolute atomic E-state index is 0.316.